The highest BCUT2D eigenvalue weighted by atomic mass is 35.5. The number of aromatic nitrogens is 1. The van der Waals surface area contributed by atoms with Gasteiger partial charge in [-0.3, -0.25) is 19.0 Å². The normalized spacial score (nSPS) is 17.3. The van der Waals surface area contributed by atoms with Gasteiger partial charge in [-0.25, -0.2) is 4.79 Å². The Labute approximate surface area is 159 Å². The minimum atomic E-state index is -0.883. The minimum Gasteiger partial charge on any atom is -0.408 e. The number of carbonyl (C=O) groups excluding carboxylic acids is 3. The summed E-state index contributed by atoms with van der Waals surface area (Å²) in [6, 6.07) is 3.92. The first-order chi connectivity index (χ1) is 12.8. The van der Waals surface area contributed by atoms with Crippen molar-refractivity contribution in [3.8, 4) is 0 Å². The number of halogens is 1. The van der Waals surface area contributed by atoms with Crippen LogP contribution in [0.3, 0.4) is 0 Å². The third-order valence-corrected chi connectivity index (χ3v) is 4.89. The lowest BCUT2D eigenvalue weighted by atomic mass is 10.1. The highest BCUT2D eigenvalue weighted by molar-refractivity contribution is 6.31. The quantitative estimate of drug-likeness (QED) is 0.793. The molecule has 144 valence electrons. The molecule has 9 nitrogen and oxygen atoms in total. The SMILES string of the molecule is CC(=O)N1CCN(C(=O)CCn2c(=O)oc3cc(Cl)ccc32)C(C(N)=O)C1. The van der Waals surface area contributed by atoms with Crippen LogP contribution in [0.2, 0.25) is 5.02 Å². The molecule has 1 aromatic carbocycles. The monoisotopic (exact) mass is 394 g/mol. The molecule has 1 fully saturated rings. The fraction of sp³-hybridized carbons (Fsp3) is 0.412. The van der Waals surface area contributed by atoms with Crippen LogP contribution in [0.1, 0.15) is 13.3 Å². The number of piperazine rings is 1. The number of primary amides is 1. The van der Waals surface area contributed by atoms with Crippen LogP contribution in [0.5, 0.6) is 0 Å². The first-order valence-electron chi connectivity index (χ1n) is 8.41. The van der Waals surface area contributed by atoms with E-state index in [1.165, 1.54) is 27.4 Å². The van der Waals surface area contributed by atoms with Crippen molar-refractivity contribution in [2.75, 3.05) is 19.6 Å². The van der Waals surface area contributed by atoms with E-state index in [2.05, 4.69) is 0 Å². The fourth-order valence-electron chi connectivity index (χ4n) is 3.21. The highest BCUT2D eigenvalue weighted by Crippen LogP contribution is 2.19. The van der Waals surface area contributed by atoms with Gasteiger partial charge in [0, 0.05) is 44.1 Å². The first-order valence-corrected chi connectivity index (χ1v) is 8.79. The number of oxazole rings is 1. The molecule has 3 amide bonds. The van der Waals surface area contributed by atoms with Crippen LogP contribution in [0.25, 0.3) is 11.1 Å². The summed E-state index contributed by atoms with van der Waals surface area (Å²) >= 11 is 5.89. The van der Waals surface area contributed by atoms with E-state index in [0.717, 1.165) is 0 Å². The molecule has 10 heteroatoms. The maximum absolute atomic E-state index is 12.6. The molecule has 0 radical (unpaired) electrons. The van der Waals surface area contributed by atoms with Crippen LogP contribution < -0.4 is 11.5 Å². The molecule has 2 heterocycles. The summed E-state index contributed by atoms with van der Waals surface area (Å²) in [5, 5.41) is 0.437. The minimum absolute atomic E-state index is 0.0129. The highest BCUT2D eigenvalue weighted by Gasteiger charge is 2.34. The molecule has 1 aromatic heterocycles. The number of benzene rings is 1. The second-order valence-corrected chi connectivity index (χ2v) is 6.79. The second-order valence-electron chi connectivity index (χ2n) is 6.35. The topological polar surface area (TPSA) is 119 Å². The van der Waals surface area contributed by atoms with Crippen molar-refractivity contribution in [3.05, 3.63) is 33.8 Å². The summed E-state index contributed by atoms with van der Waals surface area (Å²) in [7, 11) is 0. The molecule has 2 N–H and O–H groups in total. The predicted molar refractivity (Wildman–Crippen MR) is 97.1 cm³/mol. The molecule has 1 aliphatic rings. The molecule has 1 unspecified atom stereocenters. The summed E-state index contributed by atoms with van der Waals surface area (Å²) in [6.07, 6.45) is -0.0129. The summed E-state index contributed by atoms with van der Waals surface area (Å²) in [5.74, 6) is -1.76. The zero-order chi connectivity index (χ0) is 19.7. The lowest BCUT2D eigenvalue weighted by Crippen LogP contribution is -2.60. The van der Waals surface area contributed by atoms with E-state index >= 15 is 0 Å². The molecule has 3 rings (SSSR count). The summed E-state index contributed by atoms with van der Waals surface area (Å²) in [6.45, 7) is 2.10. The van der Waals surface area contributed by atoms with Crippen LogP contribution in [-0.4, -0.2) is 57.8 Å². The van der Waals surface area contributed by atoms with E-state index in [9.17, 15) is 19.2 Å². The third kappa shape index (κ3) is 3.82. The summed E-state index contributed by atoms with van der Waals surface area (Å²) < 4.78 is 6.48. The zero-order valence-electron chi connectivity index (χ0n) is 14.7. The lowest BCUT2D eigenvalue weighted by Gasteiger charge is -2.39. The lowest BCUT2D eigenvalue weighted by molar-refractivity contribution is -0.146. The number of aryl methyl sites for hydroxylation is 1. The maximum Gasteiger partial charge on any atom is 0.419 e. The fourth-order valence-corrected chi connectivity index (χ4v) is 3.38. The van der Waals surface area contributed by atoms with Gasteiger partial charge in [0.05, 0.1) is 12.1 Å². The van der Waals surface area contributed by atoms with E-state index in [1.54, 1.807) is 12.1 Å². The van der Waals surface area contributed by atoms with E-state index in [-0.39, 0.29) is 37.9 Å². The molecular weight excluding hydrogens is 376 g/mol. The van der Waals surface area contributed by atoms with E-state index in [1.807, 2.05) is 0 Å². The van der Waals surface area contributed by atoms with Gasteiger partial charge in [0.25, 0.3) is 0 Å². The number of hydrogen-bond donors (Lipinski definition) is 1. The Morgan fingerprint density at radius 1 is 1.30 bits per heavy atom. The predicted octanol–water partition coefficient (Wildman–Crippen LogP) is 0.183. The Balaban J connectivity index is 1.74. The van der Waals surface area contributed by atoms with Gasteiger partial charge in [-0.1, -0.05) is 11.6 Å². The van der Waals surface area contributed by atoms with Crippen molar-refractivity contribution < 1.29 is 18.8 Å². The Morgan fingerprint density at radius 3 is 2.70 bits per heavy atom. The molecule has 0 bridgehead atoms. The molecule has 1 aliphatic heterocycles. The first kappa shape index (κ1) is 19.0. The van der Waals surface area contributed by atoms with E-state index in [4.69, 9.17) is 21.8 Å². The van der Waals surface area contributed by atoms with Gasteiger partial charge < -0.3 is 20.0 Å². The Morgan fingerprint density at radius 2 is 2.04 bits per heavy atom. The summed E-state index contributed by atoms with van der Waals surface area (Å²) in [4.78, 5) is 50.8. The van der Waals surface area contributed by atoms with Gasteiger partial charge in [0.15, 0.2) is 5.58 Å². The van der Waals surface area contributed by atoms with Crippen LogP contribution in [0.15, 0.2) is 27.4 Å². The molecular formula is C17H19ClN4O5. The maximum atomic E-state index is 12.6. The Bertz CT molecular complexity index is 966. The van der Waals surface area contributed by atoms with Crippen molar-refractivity contribution in [1.82, 2.24) is 14.4 Å². The summed E-state index contributed by atoms with van der Waals surface area (Å²) in [5.41, 5.74) is 6.28. The van der Waals surface area contributed by atoms with Crippen molar-refractivity contribution in [1.29, 1.82) is 0 Å². The van der Waals surface area contributed by atoms with Gasteiger partial charge >= 0.3 is 5.76 Å². The molecule has 0 saturated carbocycles. The average Bonchev–Trinajstić information content (AvgIpc) is 2.93. The smallest absolute Gasteiger partial charge is 0.408 e. The largest absolute Gasteiger partial charge is 0.419 e. The number of rotatable bonds is 4. The molecule has 2 aromatic rings. The van der Waals surface area contributed by atoms with Gasteiger partial charge in [-0.15, -0.1) is 0 Å². The van der Waals surface area contributed by atoms with Gasteiger partial charge in [0.1, 0.15) is 6.04 Å². The van der Waals surface area contributed by atoms with Crippen LogP contribution in [0, 0.1) is 0 Å². The van der Waals surface area contributed by atoms with Crippen LogP contribution in [0.4, 0.5) is 0 Å². The van der Waals surface area contributed by atoms with Crippen molar-refractivity contribution in [2.24, 2.45) is 5.73 Å². The zero-order valence-corrected chi connectivity index (χ0v) is 15.4. The molecule has 0 aliphatic carbocycles. The van der Waals surface area contributed by atoms with Crippen molar-refractivity contribution >= 4 is 40.4 Å². The van der Waals surface area contributed by atoms with Crippen LogP contribution in [-0.2, 0) is 20.9 Å². The number of fused-ring (bicyclic) bond motifs is 1. The third-order valence-electron chi connectivity index (χ3n) is 4.65. The number of amides is 3. The Kier molecular flexibility index (Phi) is 5.22. The van der Waals surface area contributed by atoms with E-state index in [0.29, 0.717) is 22.7 Å². The van der Waals surface area contributed by atoms with Gasteiger partial charge in [-0.05, 0) is 12.1 Å². The van der Waals surface area contributed by atoms with Crippen LogP contribution >= 0.6 is 11.6 Å². The van der Waals surface area contributed by atoms with Gasteiger partial charge in [-0.2, -0.15) is 0 Å². The second kappa shape index (κ2) is 7.43. The number of carbonyl (C=O) groups is 3. The number of hydrogen-bond acceptors (Lipinski definition) is 5. The molecule has 1 atom stereocenters. The molecule has 27 heavy (non-hydrogen) atoms. The van der Waals surface area contributed by atoms with Crippen molar-refractivity contribution in [2.45, 2.75) is 25.9 Å². The van der Waals surface area contributed by atoms with E-state index < -0.39 is 17.7 Å². The average molecular weight is 395 g/mol. The number of nitrogens with two attached hydrogens (primary N) is 1. The van der Waals surface area contributed by atoms with Crippen molar-refractivity contribution in [3.63, 3.8) is 0 Å². The molecule has 0 spiro atoms. The molecule has 1 saturated heterocycles. The standard InChI is InChI=1S/C17H19ClN4O5/c1-10(23)20-6-7-21(13(9-20)16(19)25)15(24)4-5-22-12-3-2-11(18)8-14(12)27-17(22)26/h2-3,8,13H,4-7,9H2,1H3,(H2,19,25). The number of nitrogens with zero attached hydrogens (tertiary/aromatic N) is 3. The van der Waals surface area contributed by atoms with Gasteiger partial charge in [0.2, 0.25) is 17.7 Å². The Hall–Kier alpha value is -2.81.